The second kappa shape index (κ2) is 23.8. The standard InChI is InChI=1S/C29H41N3O6S.C20H23N3O6S/c1-6-7-8-9-10-11-12-13-18-37-21-16-14-20(15-17-21)22(30-5)25(34)31-23-26(35)32-24(28(36)38-19(2)33)29(3,4)39-27(23)32;1-10(25)29-19(28)15-20(2,3)30-18-14(17(27)23(15)18)22-16(26)13(21-4)12-7-5-11(9-24)6-8-12/h13-18,22-24,27,30H,6-12H2,1-5H3,(H,31,34);5-9,13-15,18,21H,1-4H3,(H,22,26)/b18-13+;. The minimum Gasteiger partial charge on any atom is -0.465 e. The quantitative estimate of drug-likeness (QED) is 0.0354. The first kappa shape index (κ1) is 54.4. The number of benzene rings is 2. The van der Waals surface area contributed by atoms with E-state index in [9.17, 15) is 43.2 Å². The normalized spacial score (nSPS) is 23.4. The summed E-state index contributed by atoms with van der Waals surface area (Å²) in [6, 6.07) is 9.02. The van der Waals surface area contributed by atoms with Crippen LogP contribution in [0.5, 0.6) is 5.75 Å². The fraction of sp³-hybridized carbons (Fsp3) is 0.531. The molecule has 4 amide bonds. The summed E-state index contributed by atoms with van der Waals surface area (Å²) in [5, 5.41) is 10.6. The second-order valence-electron chi connectivity index (χ2n) is 18.2. The first-order valence-electron chi connectivity index (χ1n) is 23.1. The van der Waals surface area contributed by atoms with Gasteiger partial charge in [-0.05, 0) is 84.0 Å². The van der Waals surface area contributed by atoms with Crippen molar-refractivity contribution >= 4 is 77.3 Å². The highest BCUT2D eigenvalue weighted by atomic mass is 32.2. The molecule has 0 bridgehead atoms. The number of amides is 4. The Labute approximate surface area is 411 Å². The number of carbonyl (C=O) groups excluding carboxylic acids is 9. The lowest BCUT2D eigenvalue weighted by atomic mass is 9.95. The second-order valence-corrected chi connectivity index (χ2v) is 21.7. The summed E-state index contributed by atoms with van der Waals surface area (Å²) < 4.78 is 13.8. The monoisotopic (exact) mass is 992 g/mol. The van der Waals surface area contributed by atoms with Gasteiger partial charge in [-0.2, -0.15) is 0 Å². The molecule has 8 unspecified atom stereocenters. The molecule has 18 nitrogen and oxygen atoms in total. The summed E-state index contributed by atoms with van der Waals surface area (Å²) in [5.74, 6) is -3.84. The van der Waals surface area contributed by atoms with Crippen molar-refractivity contribution in [1.82, 2.24) is 31.1 Å². The lowest BCUT2D eigenvalue weighted by Gasteiger charge is -2.44. The highest BCUT2D eigenvalue weighted by Gasteiger charge is 2.66. The number of nitrogens with zero attached hydrogens (tertiary/aromatic N) is 2. The van der Waals surface area contributed by atoms with Gasteiger partial charge in [0.15, 0.2) is 0 Å². The van der Waals surface area contributed by atoms with E-state index in [1.807, 2.05) is 32.1 Å². The van der Waals surface area contributed by atoms with Gasteiger partial charge in [0.2, 0.25) is 23.6 Å². The van der Waals surface area contributed by atoms with Crippen molar-refractivity contribution in [3.8, 4) is 5.75 Å². The van der Waals surface area contributed by atoms with Crippen molar-refractivity contribution in [2.45, 2.75) is 150 Å². The molecule has 0 saturated carbocycles. The number of ether oxygens (including phenoxy) is 3. The van der Waals surface area contributed by atoms with Crippen molar-refractivity contribution in [2.24, 2.45) is 0 Å². The summed E-state index contributed by atoms with van der Waals surface area (Å²) in [7, 11) is 3.30. The van der Waals surface area contributed by atoms with E-state index in [1.165, 1.54) is 65.4 Å². The maximum atomic E-state index is 13.1. The predicted molar refractivity (Wildman–Crippen MR) is 259 cm³/mol. The Hall–Kier alpha value is -5.57. The number of unbranched alkanes of at least 4 members (excludes halogenated alkanes) is 6. The zero-order valence-electron chi connectivity index (χ0n) is 40.5. The molecule has 0 radical (unpaired) electrons. The number of allylic oxidation sites excluding steroid dienone is 1. The molecule has 374 valence electrons. The molecule has 20 heteroatoms. The lowest BCUT2D eigenvalue weighted by Crippen LogP contribution is -2.71. The number of hydrogen-bond acceptors (Lipinski definition) is 16. The molecular formula is C49H64N6O12S2. The molecule has 69 heavy (non-hydrogen) atoms. The van der Waals surface area contributed by atoms with Gasteiger partial charge >= 0.3 is 23.9 Å². The fourth-order valence-corrected chi connectivity index (χ4v) is 12.0. The highest BCUT2D eigenvalue weighted by molar-refractivity contribution is 8.02. The third-order valence-corrected chi connectivity index (χ3v) is 15.3. The molecule has 4 fully saturated rings. The van der Waals surface area contributed by atoms with E-state index in [1.54, 1.807) is 70.6 Å². The number of nitrogens with one attached hydrogen (secondary N) is 4. The summed E-state index contributed by atoms with van der Waals surface area (Å²) >= 11 is 2.78. The number of esters is 4. The molecule has 4 saturated heterocycles. The van der Waals surface area contributed by atoms with Crippen molar-refractivity contribution in [2.75, 3.05) is 14.1 Å². The van der Waals surface area contributed by atoms with Gasteiger partial charge in [-0.15, -0.1) is 23.5 Å². The van der Waals surface area contributed by atoms with Crippen LogP contribution in [0.25, 0.3) is 0 Å². The average Bonchev–Trinajstić information content (AvgIpc) is 3.71. The number of likely N-dealkylation sites (N-methyl/N-ethyl adjacent to an activating group) is 2. The van der Waals surface area contributed by atoms with E-state index in [0.29, 0.717) is 23.2 Å². The molecule has 4 aliphatic rings. The van der Waals surface area contributed by atoms with Crippen LogP contribution in [0.4, 0.5) is 0 Å². The number of β-lactam (4-membered cyclic amide) rings is 2. The van der Waals surface area contributed by atoms with Gasteiger partial charge in [0.25, 0.3) is 0 Å². The summed E-state index contributed by atoms with van der Waals surface area (Å²) in [5.41, 5.74) is 1.86. The molecule has 2 aromatic rings. The van der Waals surface area contributed by atoms with Gasteiger partial charge in [0, 0.05) is 28.9 Å². The van der Waals surface area contributed by atoms with Crippen LogP contribution in [-0.4, -0.2) is 122 Å². The molecule has 4 aliphatic heterocycles. The molecule has 8 atom stereocenters. The number of rotatable bonds is 20. The number of carbonyl (C=O) groups is 9. The zero-order valence-corrected chi connectivity index (χ0v) is 42.2. The Bertz CT molecular complexity index is 2270. The minimum absolute atomic E-state index is 0.351. The van der Waals surface area contributed by atoms with E-state index in [2.05, 4.69) is 28.2 Å². The third kappa shape index (κ3) is 12.8. The maximum absolute atomic E-state index is 13.1. The molecule has 0 aromatic heterocycles. The summed E-state index contributed by atoms with van der Waals surface area (Å²) in [6.07, 6.45) is 13.0. The summed E-state index contributed by atoms with van der Waals surface area (Å²) in [4.78, 5) is 113. The average molecular weight is 993 g/mol. The summed E-state index contributed by atoms with van der Waals surface area (Å²) in [6.45, 7) is 11.7. The van der Waals surface area contributed by atoms with E-state index >= 15 is 0 Å². The molecule has 0 spiro atoms. The molecule has 2 aromatic carbocycles. The van der Waals surface area contributed by atoms with Crippen LogP contribution >= 0.6 is 23.5 Å². The van der Waals surface area contributed by atoms with Crippen LogP contribution in [0.2, 0.25) is 0 Å². The number of hydrogen-bond donors (Lipinski definition) is 4. The van der Waals surface area contributed by atoms with E-state index in [4.69, 9.17) is 14.2 Å². The van der Waals surface area contributed by atoms with Gasteiger partial charge in [0.1, 0.15) is 59.0 Å². The fourth-order valence-electron chi connectivity index (χ4n) is 8.76. The molecule has 4 heterocycles. The predicted octanol–water partition coefficient (Wildman–Crippen LogP) is 4.62. The van der Waals surface area contributed by atoms with Gasteiger partial charge < -0.3 is 45.3 Å². The Morgan fingerprint density at radius 1 is 0.667 bits per heavy atom. The lowest BCUT2D eigenvalue weighted by molar-refractivity contribution is -0.170. The van der Waals surface area contributed by atoms with Gasteiger partial charge in [0.05, 0.1) is 6.26 Å². The first-order chi connectivity index (χ1) is 32.7. The Morgan fingerprint density at radius 3 is 1.49 bits per heavy atom. The largest absolute Gasteiger partial charge is 0.465 e. The Kier molecular flexibility index (Phi) is 18.8. The van der Waals surface area contributed by atoms with Crippen molar-refractivity contribution in [3.63, 3.8) is 0 Å². The number of aldehydes is 1. The van der Waals surface area contributed by atoms with Crippen molar-refractivity contribution in [3.05, 3.63) is 77.6 Å². The topological polar surface area (TPSA) is 236 Å². The minimum atomic E-state index is -0.909. The highest BCUT2D eigenvalue weighted by Crippen LogP contribution is 2.52. The van der Waals surface area contributed by atoms with Crippen LogP contribution in [0.1, 0.15) is 127 Å². The van der Waals surface area contributed by atoms with Gasteiger partial charge in [-0.3, -0.25) is 33.6 Å². The van der Waals surface area contributed by atoms with Gasteiger partial charge in [-0.1, -0.05) is 75.4 Å². The Balaban J connectivity index is 0.000000266. The van der Waals surface area contributed by atoms with E-state index in [0.717, 1.165) is 32.3 Å². The third-order valence-electron chi connectivity index (χ3n) is 12.2. The molecule has 0 aliphatic carbocycles. The smallest absolute Gasteiger partial charge is 0.337 e. The Morgan fingerprint density at radius 2 is 1.09 bits per heavy atom. The van der Waals surface area contributed by atoms with Crippen molar-refractivity contribution < 1.29 is 57.4 Å². The zero-order chi connectivity index (χ0) is 50.8. The molecular weight excluding hydrogens is 929 g/mol. The van der Waals surface area contributed by atoms with Gasteiger partial charge in [-0.25, -0.2) is 9.59 Å². The molecule has 4 N–H and O–H groups in total. The van der Waals surface area contributed by atoms with Crippen LogP contribution in [0.3, 0.4) is 0 Å². The number of fused-ring (bicyclic) bond motifs is 2. The van der Waals surface area contributed by atoms with Crippen LogP contribution in [0, 0.1) is 0 Å². The maximum Gasteiger partial charge on any atom is 0.337 e. The molecule has 6 rings (SSSR count). The van der Waals surface area contributed by atoms with Crippen LogP contribution < -0.4 is 26.0 Å². The van der Waals surface area contributed by atoms with E-state index in [-0.39, 0.29) is 11.8 Å². The van der Waals surface area contributed by atoms with Crippen LogP contribution in [0.15, 0.2) is 60.9 Å². The van der Waals surface area contributed by atoms with Crippen molar-refractivity contribution in [1.29, 1.82) is 0 Å². The first-order valence-corrected chi connectivity index (χ1v) is 24.8. The SMILES string of the molecule is CCCCCCCC/C=C/Oc1ccc(C(NC)C(=O)NC2C(=O)N3C2SC(C)(C)C3C(=O)OC(C)=O)cc1.CNC(C(=O)NC1C(=O)N2C1SC(C)(C)C2C(=O)OC(C)=O)c1ccc(C=O)cc1. The van der Waals surface area contributed by atoms with E-state index < -0.39 is 92.2 Å². The number of thioether (sulfide) groups is 2. The van der Waals surface area contributed by atoms with Crippen LogP contribution in [-0.2, 0) is 47.8 Å².